The highest BCUT2D eigenvalue weighted by molar-refractivity contribution is 6.02. The molecule has 0 aliphatic carbocycles. The molecule has 146 valence electrons. The highest BCUT2D eigenvalue weighted by atomic mass is 19.4. The molecule has 0 spiro atoms. The fourth-order valence-corrected chi connectivity index (χ4v) is 3.42. The summed E-state index contributed by atoms with van der Waals surface area (Å²) in [6.07, 6.45) is -4.74. The van der Waals surface area contributed by atoms with Gasteiger partial charge in [-0.3, -0.25) is 10.1 Å². The van der Waals surface area contributed by atoms with E-state index in [9.17, 15) is 22.4 Å². The molecule has 1 saturated heterocycles. The second-order valence-corrected chi connectivity index (χ2v) is 6.68. The van der Waals surface area contributed by atoms with Gasteiger partial charge in [0.1, 0.15) is 12.1 Å². The van der Waals surface area contributed by atoms with E-state index in [4.69, 9.17) is 10.2 Å². The Kier molecular flexibility index (Phi) is 4.73. The Hall–Kier alpha value is -2.46. The number of amides is 1. The van der Waals surface area contributed by atoms with Crippen LogP contribution in [0.1, 0.15) is 35.3 Å². The number of carbonyl (C=O) groups is 1. The van der Waals surface area contributed by atoms with E-state index in [1.54, 1.807) is 6.92 Å². The van der Waals surface area contributed by atoms with Gasteiger partial charge in [0.25, 0.3) is 5.91 Å². The first kappa shape index (κ1) is 19.3. The Morgan fingerprint density at radius 2 is 2.15 bits per heavy atom. The van der Waals surface area contributed by atoms with Gasteiger partial charge >= 0.3 is 6.18 Å². The molecule has 3 rings (SSSR count). The molecule has 0 radical (unpaired) electrons. The summed E-state index contributed by atoms with van der Waals surface area (Å²) in [4.78, 5) is 16.0. The molecule has 1 aromatic heterocycles. The third-order valence-electron chi connectivity index (χ3n) is 4.70. The van der Waals surface area contributed by atoms with Gasteiger partial charge in [-0.15, -0.1) is 0 Å². The third kappa shape index (κ3) is 3.67. The number of nitrogens with two attached hydrogens (primary N) is 1. The highest BCUT2D eigenvalue weighted by Gasteiger charge is 2.57. The van der Waals surface area contributed by atoms with Crippen LogP contribution in [0, 0.1) is 18.7 Å². The molecule has 0 bridgehead atoms. The number of alkyl halides is 3. The van der Waals surface area contributed by atoms with Crippen molar-refractivity contribution in [2.75, 3.05) is 5.32 Å². The topological polar surface area (TPSA) is 93.2 Å². The fraction of sp³-hybridized carbons (Fsp3) is 0.412. The number of nitrogens with one attached hydrogen (secondary N) is 2. The van der Waals surface area contributed by atoms with Gasteiger partial charge in [-0.25, -0.2) is 9.37 Å². The molecule has 27 heavy (non-hydrogen) atoms. The third-order valence-corrected chi connectivity index (χ3v) is 4.70. The number of oxazole rings is 1. The molecule has 1 aliphatic rings. The van der Waals surface area contributed by atoms with E-state index < -0.39 is 35.5 Å². The van der Waals surface area contributed by atoms with E-state index in [1.807, 2.05) is 0 Å². The van der Waals surface area contributed by atoms with Gasteiger partial charge in [-0.05, 0) is 31.5 Å². The van der Waals surface area contributed by atoms with Gasteiger partial charge in [-0.1, -0.05) is 0 Å². The van der Waals surface area contributed by atoms with Crippen molar-refractivity contribution in [2.45, 2.75) is 38.1 Å². The molecule has 2 heterocycles. The summed E-state index contributed by atoms with van der Waals surface area (Å²) in [6, 6.07) is 3.43. The maximum absolute atomic E-state index is 14.4. The number of carbonyl (C=O) groups excluding carboxylic acids is 1. The SMILES string of the molecule is Cc1nc(C(=O)Nc2ccc(F)c([C@@]3(C)NC(N)C[C@H]3C(F)(F)F)c2)co1. The normalized spacial score (nSPS) is 25.6. The first-order chi connectivity index (χ1) is 12.5. The molecule has 1 unspecified atom stereocenters. The van der Waals surface area contributed by atoms with Gasteiger partial charge in [0, 0.05) is 18.2 Å². The Labute approximate surface area is 152 Å². The Morgan fingerprint density at radius 3 is 2.74 bits per heavy atom. The summed E-state index contributed by atoms with van der Waals surface area (Å²) in [7, 11) is 0. The molecule has 1 fully saturated rings. The smallest absolute Gasteiger partial charge is 0.394 e. The van der Waals surface area contributed by atoms with E-state index in [-0.39, 0.29) is 29.3 Å². The van der Waals surface area contributed by atoms with E-state index in [0.29, 0.717) is 0 Å². The van der Waals surface area contributed by atoms with Gasteiger partial charge in [0.15, 0.2) is 11.6 Å². The van der Waals surface area contributed by atoms with Crippen molar-refractivity contribution in [3.8, 4) is 0 Å². The standard InChI is InChI=1S/C17H18F4N4O2/c1-8-23-12(7-27-8)15(26)24-9-3-4-11(18)10(5-9)16(2)13(17(19,20)21)6-14(22)25-16/h3-5,7,13-14,25H,6,22H2,1-2H3,(H,24,26)/t13-,14?,16-/m1/s1. The summed E-state index contributed by atoms with van der Waals surface area (Å²) in [6.45, 7) is 2.81. The van der Waals surface area contributed by atoms with Crippen LogP contribution >= 0.6 is 0 Å². The number of halogens is 4. The Balaban J connectivity index is 1.94. The largest absolute Gasteiger partial charge is 0.448 e. The minimum atomic E-state index is -4.57. The molecule has 2 aromatic rings. The molecule has 4 N–H and O–H groups in total. The van der Waals surface area contributed by atoms with Crippen LogP contribution in [0.5, 0.6) is 0 Å². The summed E-state index contributed by atoms with van der Waals surface area (Å²) in [5, 5.41) is 5.11. The predicted molar refractivity (Wildman–Crippen MR) is 88.2 cm³/mol. The molecule has 1 aliphatic heterocycles. The second kappa shape index (κ2) is 6.61. The number of anilines is 1. The van der Waals surface area contributed by atoms with Gasteiger partial charge < -0.3 is 15.5 Å². The van der Waals surface area contributed by atoms with Crippen LogP contribution in [0.25, 0.3) is 0 Å². The molecule has 3 atom stereocenters. The van der Waals surface area contributed by atoms with Crippen molar-refractivity contribution in [1.29, 1.82) is 0 Å². The molecular formula is C17H18F4N4O2. The van der Waals surface area contributed by atoms with Crippen LogP contribution in [-0.4, -0.2) is 23.2 Å². The van der Waals surface area contributed by atoms with Crippen LogP contribution in [0.4, 0.5) is 23.2 Å². The second-order valence-electron chi connectivity index (χ2n) is 6.68. The van der Waals surface area contributed by atoms with E-state index in [1.165, 1.54) is 19.1 Å². The molecule has 1 amide bonds. The van der Waals surface area contributed by atoms with Crippen molar-refractivity contribution in [1.82, 2.24) is 10.3 Å². The minimum absolute atomic E-state index is 0.00114. The van der Waals surface area contributed by atoms with Crippen LogP contribution in [0.2, 0.25) is 0 Å². The maximum Gasteiger partial charge on any atom is 0.394 e. The first-order valence-electron chi connectivity index (χ1n) is 8.14. The average Bonchev–Trinajstić information content (AvgIpc) is 3.12. The zero-order valence-corrected chi connectivity index (χ0v) is 14.5. The highest BCUT2D eigenvalue weighted by Crippen LogP contribution is 2.47. The maximum atomic E-state index is 14.4. The van der Waals surface area contributed by atoms with Crippen molar-refractivity contribution in [3.05, 3.63) is 47.4 Å². The summed E-state index contributed by atoms with van der Waals surface area (Å²) in [5.41, 5.74) is 3.78. The molecule has 1 aromatic carbocycles. The van der Waals surface area contributed by atoms with Gasteiger partial charge in [0.2, 0.25) is 0 Å². The minimum Gasteiger partial charge on any atom is -0.448 e. The zero-order valence-electron chi connectivity index (χ0n) is 14.5. The predicted octanol–water partition coefficient (Wildman–Crippen LogP) is 3.05. The number of nitrogens with zero attached hydrogens (tertiary/aromatic N) is 1. The summed E-state index contributed by atoms with van der Waals surface area (Å²) in [5.74, 6) is -3.05. The van der Waals surface area contributed by atoms with E-state index in [0.717, 1.165) is 12.3 Å². The number of hydrogen-bond donors (Lipinski definition) is 3. The van der Waals surface area contributed by atoms with Crippen LogP contribution < -0.4 is 16.4 Å². The summed E-state index contributed by atoms with van der Waals surface area (Å²) >= 11 is 0. The number of benzene rings is 1. The van der Waals surface area contributed by atoms with Crippen molar-refractivity contribution in [2.24, 2.45) is 11.7 Å². The van der Waals surface area contributed by atoms with Crippen molar-refractivity contribution >= 4 is 11.6 Å². The van der Waals surface area contributed by atoms with Crippen molar-refractivity contribution in [3.63, 3.8) is 0 Å². The number of rotatable bonds is 3. The molecule has 10 heteroatoms. The number of aromatic nitrogens is 1. The first-order valence-corrected chi connectivity index (χ1v) is 8.14. The van der Waals surface area contributed by atoms with E-state index >= 15 is 0 Å². The zero-order chi connectivity index (χ0) is 20.0. The van der Waals surface area contributed by atoms with Crippen LogP contribution in [0.3, 0.4) is 0 Å². The lowest BCUT2D eigenvalue weighted by Crippen LogP contribution is -2.47. The quantitative estimate of drug-likeness (QED) is 0.705. The molecule has 0 saturated carbocycles. The molecule has 6 nitrogen and oxygen atoms in total. The lowest BCUT2D eigenvalue weighted by Gasteiger charge is -2.34. The Morgan fingerprint density at radius 1 is 1.44 bits per heavy atom. The Bertz CT molecular complexity index is 867. The van der Waals surface area contributed by atoms with Crippen LogP contribution in [0.15, 0.2) is 28.9 Å². The lowest BCUT2D eigenvalue weighted by molar-refractivity contribution is -0.188. The van der Waals surface area contributed by atoms with Gasteiger partial charge in [0.05, 0.1) is 17.6 Å². The average molecular weight is 386 g/mol. The van der Waals surface area contributed by atoms with Gasteiger partial charge in [-0.2, -0.15) is 13.2 Å². The number of hydrogen-bond acceptors (Lipinski definition) is 5. The number of aryl methyl sites for hydroxylation is 1. The molecular weight excluding hydrogens is 368 g/mol. The van der Waals surface area contributed by atoms with Crippen molar-refractivity contribution < 1.29 is 26.8 Å². The summed E-state index contributed by atoms with van der Waals surface area (Å²) < 4.78 is 59.8. The monoisotopic (exact) mass is 386 g/mol. The van der Waals surface area contributed by atoms with E-state index in [2.05, 4.69) is 15.6 Å². The lowest BCUT2D eigenvalue weighted by atomic mass is 9.80. The fourth-order valence-electron chi connectivity index (χ4n) is 3.42. The van der Waals surface area contributed by atoms with Crippen LogP contribution in [-0.2, 0) is 5.54 Å².